The third-order valence-electron chi connectivity index (χ3n) is 9.53. The molecule has 44 heavy (non-hydrogen) atoms. The van der Waals surface area contributed by atoms with Crippen molar-refractivity contribution in [3.63, 3.8) is 0 Å². The highest BCUT2D eigenvalue weighted by atomic mass is 19.1. The molecule has 4 heterocycles. The number of nitrogens with zero attached hydrogens (tertiary/aromatic N) is 3. The molecule has 3 saturated heterocycles. The molecule has 0 spiro atoms. The lowest BCUT2D eigenvalue weighted by Crippen LogP contribution is -2.54. The molecule has 238 valence electrons. The van der Waals surface area contributed by atoms with E-state index in [1.165, 1.54) is 0 Å². The molecule has 1 N–H and O–H groups in total. The highest BCUT2D eigenvalue weighted by Crippen LogP contribution is 2.38. The third-order valence-corrected chi connectivity index (χ3v) is 9.53. The average Bonchev–Trinajstić information content (AvgIpc) is 3.18. The molecule has 4 aliphatic heterocycles. The minimum atomic E-state index is -1.13. The van der Waals surface area contributed by atoms with Gasteiger partial charge in [-0.2, -0.15) is 0 Å². The first kappa shape index (κ1) is 30.6. The number of imide groups is 2. The van der Waals surface area contributed by atoms with Crippen molar-refractivity contribution in [1.82, 2.24) is 20.0 Å². The van der Waals surface area contributed by atoms with E-state index in [-0.39, 0.29) is 48.3 Å². The topological polar surface area (TPSA) is 126 Å². The van der Waals surface area contributed by atoms with Crippen LogP contribution in [0.5, 0.6) is 0 Å². The lowest BCUT2D eigenvalue weighted by atomic mass is 9.82. The summed E-state index contributed by atoms with van der Waals surface area (Å²) in [6.07, 6.45) is 2.84. The van der Waals surface area contributed by atoms with Gasteiger partial charge in [0.25, 0.3) is 11.8 Å². The van der Waals surface area contributed by atoms with Crippen molar-refractivity contribution in [3.8, 4) is 0 Å². The van der Waals surface area contributed by atoms with Crippen LogP contribution >= 0.6 is 0 Å². The maximum Gasteiger partial charge on any atom is 0.410 e. The quantitative estimate of drug-likeness (QED) is 0.503. The van der Waals surface area contributed by atoms with E-state index < -0.39 is 47.4 Å². The molecule has 1 aliphatic carbocycles. The van der Waals surface area contributed by atoms with Crippen LogP contribution in [0.25, 0.3) is 0 Å². The van der Waals surface area contributed by atoms with Crippen molar-refractivity contribution < 1.29 is 37.8 Å². The van der Waals surface area contributed by atoms with E-state index in [9.17, 15) is 24.0 Å². The van der Waals surface area contributed by atoms with Crippen LogP contribution in [0.15, 0.2) is 18.2 Å². The number of hydrogen-bond donors (Lipinski definition) is 1. The van der Waals surface area contributed by atoms with E-state index in [0.717, 1.165) is 37.1 Å². The van der Waals surface area contributed by atoms with Crippen LogP contribution in [0.4, 0.5) is 9.18 Å². The molecule has 5 amide bonds. The highest BCUT2D eigenvalue weighted by Gasteiger charge is 2.46. The van der Waals surface area contributed by atoms with Crippen LogP contribution in [0.2, 0.25) is 0 Å². The Balaban J connectivity index is 0.979. The van der Waals surface area contributed by atoms with E-state index >= 15 is 4.39 Å². The summed E-state index contributed by atoms with van der Waals surface area (Å²) in [5, 5.41) is 2.20. The molecule has 6 rings (SSSR count). The second-order valence-electron chi connectivity index (χ2n) is 13.7. The van der Waals surface area contributed by atoms with Gasteiger partial charge < -0.3 is 14.4 Å². The number of ether oxygens (including phenoxy) is 2. The number of amides is 5. The van der Waals surface area contributed by atoms with Crippen molar-refractivity contribution >= 4 is 29.7 Å². The fourth-order valence-electron chi connectivity index (χ4n) is 7.07. The maximum absolute atomic E-state index is 15.6. The zero-order valence-electron chi connectivity index (χ0n) is 25.6. The Morgan fingerprint density at radius 2 is 1.64 bits per heavy atom. The number of piperidine rings is 3. The number of hydrogen-bond acceptors (Lipinski definition) is 8. The summed E-state index contributed by atoms with van der Waals surface area (Å²) < 4.78 is 27.4. The number of benzene rings is 1. The summed E-state index contributed by atoms with van der Waals surface area (Å²) >= 11 is 0. The molecule has 0 bridgehead atoms. The SMILES string of the molecule is CC(C)(C)OC(=O)N1CCC(O[C@H]2C[C@H](N3CC[C@H](c4ccc5c(c4)C(=O)N(C4CCC(=O)NC4=O)C5=O)[C@H](F)C3)C2)CC1. The second-order valence-corrected chi connectivity index (χ2v) is 13.7. The number of halogens is 1. The number of alkyl halides is 1. The van der Waals surface area contributed by atoms with Gasteiger partial charge in [-0.1, -0.05) is 6.07 Å². The summed E-state index contributed by atoms with van der Waals surface area (Å²) in [5.41, 5.74) is 0.546. The second kappa shape index (κ2) is 11.8. The predicted molar refractivity (Wildman–Crippen MR) is 156 cm³/mol. The summed E-state index contributed by atoms with van der Waals surface area (Å²) in [6.45, 7) is 7.83. The summed E-state index contributed by atoms with van der Waals surface area (Å²) in [6, 6.07) is 4.12. The van der Waals surface area contributed by atoms with Crippen molar-refractivity contribution in [2.75, 3.05) is 26.2 Å². The van der Waals surface area contributed by atoms with Gasteiger partial charge in [0.2, 0.25) is 11.8 Å². The number of likely N-dealkylation sites (tertiary alicyclic amines) is 2. The van der Waals surface area contributed by atoms with E-state index in [1.54, 1.807) is 23.1 Å². The Bertz CT molecular complexity index is 1350. The van der Waals surface area contributed by atoms with Gasteiger partial charge in [0.05, 0.1) is 23.3 Å². The summed E-state index contributed by atoms with van der Waals surface area (Å²) in [5.74, 6) is -2.61. The van der Waals surface area contributed by atoms with Crippen LogP contribution in [-0.4, -0.2) is 107 Å². The van der Waals surface area contributed by atoms with Crippen molar-refractivity contribution in [3.05, 3.63) is 34.9 Å². The number of fused-ring (bicyclic) bond motifs is 1. The van der Waals surface area contributed by atoms with Gasteiger partial charge in [0, 0.05) is 38.0 Å². The molecule has 11 nitrogen and oxygen atoms in total. The van der Waals surface area contributed by atoms with Gasteiger partial charge in [0.15, 0.2) is 0 Å². The molecule has 12 heteroatoms. The predicted octanol–water partition coefficient (Wildman–Crippen LogP) is 3.16. The van der Waals surface area contributed by atoms with Crippen molar-refractivity contribution in [1.29, 1.82) is 0 Å². The molecule has 1 aromatic rings. The molecular weight excluding hydrogens is 571 g/mol. The Labute approximate surface area is 256 Å². The van der Waals surface area contributed by atoms with Gasteiger partial charge in [-0.05, 0) is 83.5 Å². The zero-order chi connectivity index (χ0) is 31.3. The Hall–Kier alpha value is -3.38. The summed E-state index contributed by atoms with van der Waals surface area (Å²) in [4.78, 5) is 67.3. The van der Waals surface area contributed by atoms with Crippen LogP contribution in [0, 0.1) is 0 Å². The van der Waals surface area contributed by atoms with E-state index in [2.05, 4.69) is 10.2 Å². The van der Waals surface area contributed by atoms with Crippen LogP contribution in [-0.2, 0) is 19.1 Å². The maximum atomic E-state index is 15.6. The van der Waals surface area contributed by atoms with Crippen LogP contribution < -0.4 is 5.32 Å². The van der Waals surface area contributed by atoms with E-state index in [0.29, 0.717) is 31.6 Å². The zero-order valence-corrected chi connectivity index (χ0v) is 25.6. The minimum absolute atomic E-state index is 0.0558. The lowest BCUT2D eigenvalue weighted by Gasteiger charge is -2.47. The van der Waals surface area contributed by atoms with Gasteiger partial charge in [-0.15, -0.1) is 0 Å². The molecule has 0 radical (unpaired) electrons. The number of nitrogens with one attached hydrogen (secondary N) is 1. The highest BCUT2D eigenvalue weighted by molar-refractivity contribution is 6.23. The molecule has 4 fully saturated rings. The largest absolute Gasteiger partial charge is 0.444 e. The Kier molecular flexibility index (Phi) is 8.25. The fourth-order valence-corrected chi connectivity index (χ4v) is 7.07. The number of carbonyl (C=O) groups is 5. The normalized spacial score (nSPS) is 30.2. The van der Waals surface area contributed by atoms with E-state index in [4.69, 9.17) is 9.47 Å². The summed E-state index contributed by atoms with van der Waals surface area (Å²) in [7, 11) is 0. The first-order valence-corrected chi connectivity index (χ1v) is 15.7. The molecule has 3 atom stereocenters. The van der Waals surface area contributed by atoms with Gasteiger partial charge in [-0.25, -0.2) is 9.18 Å². The van der Waals surface area contributed by atoms with Gasteiger partial charge >= 0.3 is 6.09 Å². The first-order valence-electron chi connectivity index (χ1n) is 15.7. The Morgan fingerprint density at radius 3 is 2.30 bits per heavy atom. The monoisotopic (exact) mass is 612 g/mol. The van der Waals surface area contributed by atoms with Crippen molar-refractivity contribution in [2.24, 2.45) is 0 Å². The third kappa shape index (κ3) is 6.10. The number of carbonyl (C=O) groups excluding carboxylic acids is 5. The molecule has 1 aromatic carbocycles. The Morgan fingerprint density at radius 1 is 0.932 bits per heavy atom. The standard InChI is InChI=1S/C32H41FN4O7/c1-32(2,3)44-31(42)35-11-8-20(9-12-35)43-21-15-19(16-21)36-13-10-22(25(33)17-36)18-4-5-23-24(14-18)30(41)37(29(23)40)26-6-7-27(38)34-28(26)39/h4-5,14,19-22,25-26H,6-13,15-17H2,1-3H3,(H,34,38,39)/t19-,21-,22-,25-,26?/m1/s1. The smallest absolute Gasteiger partial charge is 0.410 e. The molecule has 5 aliphatic rings. The molecular formula is C32H41FN4O7. The molecule has 1 unspecified atom stereocenters. The van der Waals surface area contributed by atoms with E-state index in [1.807, 2.05) is 20.8 Å². The molecule has 0 aromatic heterocycles. The fraction of sp³-hybridized carbons (Fsp3) is 0.656. The molecule has 1 saturated carbocycles. The first-order chi connectivity index (χ1) is 20.9. The van der Waals surface area contributed by atoms with Crippen molar-refractivity contribution in [2.45, 2.75) is 108 Å². The number of rotatable bonds is 5. The average molecular weight is 613 g/mol. The minimum Gasteiger partial charge on any atom is -0.444 e. The lowest BCUT2D eigenvalue weighted by molar-refractivity contribution is -0.136. The van der Waals surface area contributed by atoms with Crippen LogP contribution in [0.1, 0.15) is 97.9 Å². The van der Waals surface area contributed by atoms with Crippen LogP contribution in [0.3, 0.4) is 0 Å². The van der Waals surface area contributed by atoms with Gasteiger partial charge in [-0.3, -0.25) is 34.3 Å². The van der Waals surface area contributed by atoms with Gasteiger partial charge in [0.1, 0.15) is 17.8 Å².